The van der Waals surface area contributed by atoms with Crippen molar-refractivity contribution in [1.82, 2.24) is 5.32 Å². The molecule has 0 unspecified atom stereocenters. The first-order valence-corrected chi connectivity index (χ1v) is 7.98. The number of benzene rings is 2. The molecule has 0 atom stereocenters. The Bertz CT molecular complexity index is 716. The Morgan fingerprint density at radius 1 is 1.17 bits per heavy atom. The summed E-state index contributed by atoms with van der Waals surface area (Å²) in [4.78, 5) is 4.50. The van der Waals surface area contributed by atoms with Gasteiger partial charge in [-0.05, 0) is 30.7 Å². The van der Waals surface area contributed by atoms with Crippen LogP contribution in [0.25, 0.3) is 0 Å². The fourth-order valence-corrected chi connectivity index (χ4v) is 2.62. The fourth-order valence-electron chi connectivity index (χ4n) is 2.43. The first kappa shape index (κ1) is 15.7. The molecular weight excluding hydrogens is 312 g/mol. The molecule has 0 saturated heterocycles. The largest absolute Gasteiger partial charge is 0.493 e. The maximum atomic E-state index is 6.16. The van der Waals surface area contributed by atoms with E-state index in [2.05, 4.69) is 10.3 Å². The van der Waals surface area contributed by atoms with Crippen LogP contribution in [0, 0.1) is 0 Å². The van der Waals surface area contributed by atoms with Gasteiger partial charge in [0.15, 0.2) is 11.5 Å². The summed E-state index contributed by atoms with van der Waals surface area (Å²) in [5.74, 6) is 2.28. The zero-order valence-corrected chi connectivity index (χ0v) is 13.8. The highest BCUT2D eigenvalue weighted by atomic mass is 35.5. The summed E-state index contributed by atoms with van der Waals surface area (Å²) in [6.45, 7) is 2.20. The fraction of sp³-hybridized carbons (Fsp3) is 0.278. The lowest BCUT2D eigenvalue weighted by Crippen LogP contribution is -2.30. The van der Waals surface area contributed by atoms with Crippen LogP contribution < -0.4 is 14.8 Å². The first-order chi connectivity index (χ1) is 11.3. The van der Waals surface area contributed by atoms with Crippen molar-refractivity contribution in [3.8, 4) is 11.5 Å². The van der Waals surface area contributed by atoms with Crippen LogP contribution in [0.4, 0.5) is 0 Å². The van der Waals surface area contributed by atoms with Crippen LogP contribution in [-0.4, -0.2) is 26.0 Å². The number of hydrogen-bond acceptors (Lipinski definition) is 4. The van der Waals surface area contributed by atoms with Crippen molar-refractivity contribution < 1.29 is 9.47 Å². The maximum absolute atomic E-state index is 6.16. The van der Waals surface area contributed by atoms with Gasteiger partial charge in [0.2, 0.25) is 0 Å². The molecule has 0 radical (unpaired) electrons. The number of halogens is 1. The Morgan fingerprint density at radius 3 is 2.78 bits per heavy atom. The Kier molecular flexibility index (Phi) is 5.03. The SMILES string of the molecule is COc1cc(C2=NCCCN2)ccc1OCc1ccccc1Cl. The minimum Gasteiger partial charge on any atom is -0.493 e. The number of aliphatic imine (C=N–C) groups is 1. The molecular formula is C18H19ClN2O2. The zero-order valence-electron chi connectivity index (χ0n) is 13.0. The molecule has 0 aromatic heterocycles. The molecule has 1 heterocycles. The van der Waals surface area contributed by atoms with Crippen molar-refractivity contribution in [2.45, 2.75) is 13.0 Å². The van der Waals surface area contributed by atoms with Gasteiger partial charge in [-0.25, -0.2) is 0 Å². The summed E-state index contributed by atoms with van der Waals surface area (Å²) in [7, 11) is 1.64. The lowest BCUT2D eigenvalue weighted by molar-refractivity contribution is 0.284. The first-order valence-electron chi connectivity index (χ1n) is 7.61. The molecule has 0 bridgehead atoms. The number of nitrogens with zero attached hydrogens (tertiary/aromatic N) is 1. The lowest BCUT2D eigenvalue weighted by atomic mass is 10.1. The Hall–Kier alpha value is -2.20. The highest BCUT2D eigenvalue weighted by Crippen LogP contribution is 2.29. The second kappa shape index (κ2) is 7.38. The number of methoxy groups -OCH3 is 1. The number of ether oxygens (including phenoxy) is 2. The molecule has 4 nitrogen and oxygen atoms in total. The van der Waals surface area contributed by atoms with E-state index in [0.29, 0.717) is 23.1 Å². The monoisotopic (exact) mass is 330 g/mol. The molecule has 1 aliphatic heterocycles. The van der Waals surface area contributed by atoms with Crippen LogP contribution >= 0.6 is 11.6 Å². The van der Waals surface area contributed by atoms with Crippen LogP contribution in [0.3, 0.4) is 0 Å². The second-order valence-corrected chi connectivity index (χ2v) is 5.66. The molecule has 0 aliphatic carbocycles. The minimum atomic E-state index is 0.397. The van der Waals surface area contributed by atoms with E-state index in [1.54, 1.807) is 7.11 Å². The summed E-state index contributed by atoms with van der Waals surface area (Å²) in [6, 6.07) is 13.5. The van der Waals surface area contributed by atoms with Gasteiger partial charge in [0, 0.05) is 29.2 Å². The van der Waals surface area contributed by atoms with Crippen LogP contribution in [0.2, 0.25) is 5.02 Å². The van der Waals surface area contributed by atoms with E-state index in [9.17, 15) is 0 Å². The molecule has 3 rings (SSSR count). The van der Waals surface area contributed by atoms with E-state index in [1.165, 1.54) is 0 Å². The average molecular weight is 331 g/mol. The smallest absolute Gasteiger partial charge is 0.161 e. The summed E-state index contributed by atoms with van der Waals surface area (Å²) in [6.07, 6.45) is 1.07. The Morgan fingerprint density at radius 2 is 2.04 bits per heavy atom. The predicted molar refractivity (Wildman–Crippen MR) is 92.8 cm³/mol. The molecule has 0 amide bonds. The molecule has 2 aromatic carbocycles. The van der Waals surface area contributed by atoms with E-state index in [0.717, 1.165) is 36.5 Å². The van der Waals surface area contributed by atoms with Crippen LogP contribution in [-0.2, 0) is 6.61 Å². The normalized spacial score (nSPS) is 13.9. The molecule has 0 saturated carbocycles. The molecule has 0 spiro atoms. The molecule has 1 aliphatic rings. The van der Waals surface area contributed by atoms with Crippen molar-refractivity contribution in [2.24, 2.45) is 4.99 Å². The summed E-state index contributed by atoms with van der Waals surface area (Å²) < 4.78 is 11.3. The lowest BCUT2D eigenvalue weighted by Gasteiger charge is -2.17. The van der Waals surface area contributed by atoms with E-state index in [-0.39, 0.29) is 0 Å². The van der Waals surface area contributed by atoms with Gasteiger partial charge >= 0.3 is 0 Å². The van der Waals surface area contributed by atoms with Gasteiger partial charge in [0.1, 0.15) is 12.4 Å². The van der Waals surface area contributed by atoms with Crippen molar-refractivity contribution in [1.29, 1.82) is 0 Å². The van der Waals surface area contributed by atoms with Gasteiger partial charge in [-0.1, -0.05) is 29.8 Å². The highest BCUT2D eigenvalue weighted by Gasteiger charge is 2.12. The molecule has 1 N–H and O–H groups in total. The van der Waals surface area contributed by atoms with Crippen LogP contribution in [0.5, 0.6) is 11.5 Å². The van der Waals surface area contributed by atoms with E-state index >= 15 is 0 Å². The van der Waals surface area contributed by atoms with Gasteiger partial charge in [-0.15, -0.1) is 0 Å². The van der Waals surface area contributed by atoms with Gasteiger partial charge in [0.05, 0.1) is 7.11 Å². The summed E-state index contributed by atoms with van der Waals surface area (Å²) in [5, 5.41) is 4.01. The summed E-state index contributed by atoms with van der Waals surface area (Å²) >= 11 is 6.16. The molecule has 120 valence electrons. The summed E-state index contributed by atoms with van der Waals surface area (Å²) in [5.41, 5.74) is 1.95. The van der Waals surface area contributed by atoms with Crippen molar-refractivity contribution in [3.63, 3.8) is 0 Å². The predicted octanol–water partition coefficient (Wildman–Crippen LogP) is 3.67. The minimum absolute atomic E-state index is 0.397. The van der Waals surface area contributed by atoms with Crippen molar-refractivity contribution in [2.75, 3.05) is 20.2 Å². The average Bonchev–Trinajstić information content (AvgIpc) is 2.61. The Balaban J connectivity index is 1.77. The number of amidine groups is 1. The Labute approximate surface area is 141 Å². The molecule has 5 heteroatoms. The third-order valence-electron chi connectivity index (χ3n) is 3.68. The van der Waals surface area contributed by atoms with Crippen LogP contribution in [0.15, 0.2) is 47.5 Å². The van der Waals surface area contributed by atoms with E-state index < -0.39 is 0 Å². The van der Waals surface area contributed by atoms with Gasteiger partial charge in [-0.2, -0.15) is 0 Å². The number of nitrogens with one attached hydrogen (secondary N) is 1. The zero-order chi connectivity index (χ0) is 16.1. The highest BCUT2D eigenvalue weighted by molar-refractivity contribution is 6.31. The van der Waals surface area contributed by atoms with Crippen molar-refractivity contribution >= 4 is 17.4 Å². The third-order valence-corrected chi connectivity index (χ3v) is 4.04. The quantitative estimate of drug-likeness (QED) is 0.909. The van der Waals surface area contributed by atoms with E-state index in [1.807, 2.05) is 42.5 Å². The molecule has 23 heavy (non-hydrogen) atoms. The number of rotatable bonds is 5. The van der Waals surface area contributed by atoms with Gasteiger partial charge in [0.25, 0.3) is 0 Å². The maximum Gasteiger partial charge on any atom is 0.161 e. The van der Waals surface area contributed by atoms with Gasteiger partial charge in [-0.3, -0.25) is 4.99 Å². The van der Waals surface area contributed by atoms with Gasteiger partial charge < -0.3 is 14.8 Å². The molecule has 0 fully saturated rings. The second-order valence-electron chi connectivity index (χ2n) is 5.26. The topological polar surface area (TPSA) is 42.8 Å². The van der Waals surface area contributed by atoms with Crippen LogP contribution in [0.1, 0.15) is 17.5 Å². The standard InChI is InChI=1S/C18H19ClN2O2/c1-22-17-11-13(18-20-9-4-10-21-18)7-8-16(17)23-12-14-5-2-3-6-15(14)19/h2-3,5-8,11H,4,9-10,12H2,1H3,(H,20,21). The third kappa shape index (κ3) is 3.77. The number of hydrogen-bond donors (Lipinski definition) is 1. The van der Waals surface area contributed by atoms with Crippen molar-refractivity contribution in [3.05, 3.63) is 58.6 Å². The molecule has 2 aromatic rings. The van der Waals surface area contributed by atoms with E-state index in [4.69, 9.17) is 21.1 Å².